The molecule has 0 aromatic rings. The van der Waals surface area contributed by atoms with E-state index in [1.807, 2.05) is 13.8 Å². The van der Waals surface area contributed by atoms with Crippen LogP contribution in [0.2, 0.25) is 0 Å². The van der Waals surface area contributed by atoms with Crippen LogP contribution in [0, 0.1) is 17.2 Å². The number of nitriles is 1. The molecule has 0 radical (unpaired) electrons. The number of nitrogens with zero attached hydrogens (tertiary/aromatic N) is 1. The van der Waals surface area contributed by atoms with Crippen LogP contribution in [-0.2, 0) is 14.3 Å². The smallest absolute Gasteiger partial charge is 0.351 e. The van der Waals surface area contributed by atoms with Crippen LogP contribution in [-0.4, -0.2) is 30.6 Å². The number of esters is 1. The van der Waals surface area contributed by atoms with Gasteiger partial charge in [-0.15, -0.1) is 0 Å². The molecular formula is C15H21N3O3. The summed E-state index contributed by atoms with van der Waals surface area (Å²) in [7, 11) is 0. The number of hydrogen-bond donors (Lipinski definition) is 2. The first-order valence-corrected chi connectivity index (χ1v) is 7.41. The van der Waals surface area contributed by atoms with Gasteiger partial charge < -0.3 is 15.4 Å². The van der Waals surface area contributed by atoms with Crippen molar-refractivity contribution >= 4 is 11.9 Å². The zero-order chi connectivity index (χ0) is 15.4. The number of hydrogen-bond acceptors (Lipinski definition) is 5. The summed E-state index contributed by atoms with van der Waals surface area (Å²) in [5.41, 5.74) is -0.188. The molecule has 21 heavy (non-hydrogen) atoms. The maximum atomic E-state index is 12.1. The summed E-state index contributed by atoms with van der Waals surface area (Å²) in [5.74, 6) is -0.955. The molecule has 1 amide bonds. The van der Waals surface area contributed by atoms with Crippen LogP contribution in [0.4, 0.5) is 0 Å². The van der Waals surface area contributed by atoms with Gasteiger partial charge in [0.25, 0.3) is 5.91 Å². The minimum atomic E-state index is -0.738. The maximum absolute atomic E-state index is 12.1. The molecule has 0 aromatic carbocycles. The lowest BCUT2D eigenvalue weighted by Gasteiger charge is -2.38. The van der Waals surface area contributed by atoms with E-state index in [1.54, 1.807) is 6.07 Å². The number of piperazine rings is 1. The lowest BCUT2D eigenvalue weighted by atomic mass is 9.88. The topological polar surface area (TPSA) is 91.2 Å². The normalized spacial score (nSPS) is 27.0. The van der Waals surface area contributed by atoms with Crippen LogP contribution in [0.5, 0.6) is 0 Å². The first-order valence-electron chi connectivity index (χ1n) is 7.41. The Morgan fingerprint density at radius 2 is 1.95 bits per heavy atom. The zero-order valence-corrected chi connectivity index (χ0v) is 12.4. The molecule has 1 saturated carbocycles. The van der Waals surface area contributed by atoms with Gasteiger partial charge in [-0.2, -0.15) is 5.26 Å². The molecule has 1 aliphatic heterocycles. The molecule has 6 nitrogen and oxygen atoms in total. The van der Waals surface area contributed by atoms with E-state index in [0.29, 0.717) is 0 Å². The summed E-state index contributed by atoms with van der Waals surface area (Å²) in [5, 5.41) is 15.2. The van der Waals surface area contributed by atoms with Gasteiger partial charge in [0.2, 0.25) is 0 Å². The molecule has 114 valence electrons. The van der Waals surface area contributed by atoms with Crippen molar-refractivity contribution in [2.24, 2.45) is 5.92 Å². The van der Waals surface area contributed by atoms with Gasteiger partial charge in [0.15, 0.2) is 5.57 Å². The predicted molar refractivity (Wildman–Crippen MR) is 75.8 cm³/mol. The van der Waals surface area contributed by atoms with Gasteiger partial charge in [-0.3, -0.25) is 4.79 Å². The molecule has 2 fully saturated rings. The third-order valence-electron chi connectivity index (χ3n) is 3.75. The number of carbonyl (C=O) groups is 2. The van der Waals surface area contributed by atoms with Gasteiger partial charge in [0, 0.05) is 12.1 Å². The number of amides is 1. The first-order chi connectivity index (χ1) is 10.0. The monoisotopic (exact) mass is 291 g/mol. The molecule has 2 rings (SSSR count). The maximum Gasteiger partial charge on any atom is 0.351 e. The number of nitrogens with one attached hydrogen (secondary N) is 2. The van der Waals surface area contributed by atoms with Gasteiger partial charge in [0.1, 0.15) is 11.8 Å². The molecular weight excluding hydrogens is 270 g/mol. The van der Waals surface area contributed by atoms with E-state index < -0.39 is 11.9 Å². The van der Waals surface area contributed by atoms with Crippen LogP contribution in [0.3, 0.4) is 0 Å². The Hall–Kier alpha value is -2.03. The van der Waals surface area contributed by atoms with E-state index in [2.05, 4.69) is 10.6 Å². The second-order valence-corrected chi connectivity index (χ2v) is 5.97. The Balaban J connectivity index is 2.16. The second-order valence-electron chi connectivity index (χ2n) is 5.97. The molecule has 0 unspecified atom stereocenters. The fourth-order valence-corrected chi connectivity index (χ4v) is 2.67. The van der Waals surface area contributed by atoms with E-state index >= 15 is 0 Å². The van der Waals surface area contributed by atoms with Crippen molar-refractivity contribution in [3.05, 3.63) is 11.3 Å². The summed E-state index contributed by atoms with van der Waals surface area (Å²) >= 11 is 0. The van der Waals surface area contributed by atoms with E-state index in [-0.39, 0.29) is 35.9 Å². The third-order valence-corrected chi connectivity index (χ3v) is 3.75. The highest BCUT2D eigenvalue weighted by molar-refractivity contribution is 6.05. The summed E-state index contributed by atoms with van der Waals surface area (Å²) in [4.78, 5) is 24.1. The molecule has 0 bridgehead atoms. The van der Waals surface area contributed by atoms with Crippen molar-refractivity contribution in [1.29, 1.82) is 5.26 Å². The van der Waals surface area contributed by atoms with Crippen molar-refractivity contribution in [3.63, 3.8) is 0 Å². The number of fused-ring (bicyclic) bond motifs is 1. The molecule has 6 heteroatoms. The summed E-state index contributed by atoms with van der Waals surface area (Å²) in [6.45, 7) is 4.04. The summed E-state index contributed by atoms with van der Waals surface area (Å²) in [6.07, 6.45) is 4.02. The average Bonchev–Trinajstić information content (AvgIpc) is 2.46. The van der Waals surface area contributed by atoms with Crippen molar-refractivity contribution in [1.82, 2.24) is 10.6 Å². The molecule has 0 aromatic heterocycles. The molecule has 1 aliphatic carbocycles. The zero-order valence-electron chi connectivity index (χ0n) is 12.4. The fourth-order valence-electron chi connectivity index (χ4n) is 2.67. The van der Waals surface area contributed by atoms with E-state index in [4.69, 9.17) is 4.74 Å². The van der Waals surface area contributed by atoms with Crippen LogP contribution < -0.4 is 10.6 Å². The quantitative estimate of drug-likeness (QED) is 0.460. The fraction of sp³-hybridized carbons (Fsp3) is 0.667. The predicted octanol–water partition coefficient (Wildman–Crippen LogP) is 0.994. The van der Waals surface area contributed by atoms with E-state index in [1.165, 1.54) is 0 Å². The second kappa shape index (κ2) is 6.61. The molecule has 2 aliphatic rings. The van der Waals surface area contributed by atoms with E-state index in [0.717, 1.165) is 25.7 Å². The minimum absolute atomic E-state index is 0.0504. The summed E-state index contributed by atoms with van der Waals surface area (Å²) < 4.78 is 5.05. The molecule has 1 saturated heterocycles. The highest BCUT2D eigenvalue weighted by Gasteiger charge is 2.36. The number of rotatable bonds is 3. The van der Waals surface area contributed by atoms with Gasteiger partial charge in [-0.1, -0.05) is 26.7 Å². The van der Waals surface area contributed by atoms with E-state index in [9.17, 15) is 14.9 Å². The Kier molecular flexibility index (Phi) is 4.84. The van der Waals surface area contributed by atoms with Crippen molar-refractivity contribution in [2.45, 2.75) is 51.6 Å². The molecule has 2 atom stereocenters. The Labute approximate surface area is 124 Å². The Morgan fingerprint density at radius 1 is 1.33 bits per heavy atom. The molecule has 2 N–H and O–H groups in total. The van der Waals surface area contributed by atoms with Crippen molar-refractivity contribution < 1.29 is 14.3 Å². The average molecular weight is 291 g/mol. The SMILES string of the molecule is CC(C)COC(=O)/C(C#N)=C1\N[C@@H]2CCCC[C@H]2NC1=O. The third kappa shape index (κ3) is 3.54. The van der Waals surface area contributed by atoms with Crippen LogP contribution in [0.1, 0.15) is 39.5 Å². The lowest BCUT2D eigenvalue weighted by molar-refractivity contribution is -0.140. The van der Waals surface area contributed by atoms with Crippen LogP contribution >= 0.6 is 0 Å². The van der Waals surface area contributed by atoms with Gasteiger partial charge >= 0.3 is 5.97 Å². The minimum Gasteiger partial charge on any atom is -0.461 e. The van der Waals surface area contributed by atoms with Gasteiger partial charge in [-0.25, -0.2) is 4.79 Å². The molecule has 0 spiro atoms. The highest BCUT2D eigenvalue weighted by Crippen LogP contribution is 2.23. The van der Waals surface area contributed by atoms with Crippen LogP contribution in [0.15, 0.2) is 11.3 Å². The van der Waals surface area contributed by atoms with Gasteiger partial charge in [0.05, 0.1) is 6.61 Å². The number of carbonyl (C=O) groups excluding carboxylic acids is 2. The Morgan fingerprint density at radius 3 is 2.52 bits per heavy atom. The standard InChI is InChI=1S/C15H21N3O3/c1-9(2)8-21-15(20)10(7-16)13-14(19)18-12-6-4-3-5-11(12)17-13/h9,11-12,17H,3-6,8H2,1-2H3,(H,18,19)/b13-10-/t11-,12-/m1/s1. The summed E-state index contributed by atoms with van der Waals surface area (Å²) in [6, 6.07) is 1.98. The van der Waals surface area contributed by atoms with Crippen molar-refractivity contribution in [2.75, 3.05) is 6.61 Å². The largest absolute Gasteiger partial charge is 0.461 e. The Bertz CT molecular complexity index is 505. The van der Waals surface area contributed by atoms with Crippen LogP contribution in [0.25, 0.3) is 0 Å². The molecule has 1 heterocycles. The van der Waals surface area contributed by atoms with Crippen molar-refractivity contribution in [3.8, 4) is 6.07 Å². The highest BCUT2D eigenvalue weighted by atomic mass is 16.5. The number of ether oxygens (including phenoxy) is 1. The lowest BCUT2D eigenvalue weighted by Crippen LogP contribution is -2.59. The first kappa shape index (κ1) is 15.4. The van der Waals surface area contributed by atoms with Gasteiger partial charge in [-0.05, 0) is 18.8 Å².